The van der Waals surface area contributed by atoms with Gasteiger partial charge in [0.05, 0.1) is 7.11 Å². The molecule has 1 N–H and O–H groups in total. The Morgan fingerprint density at radius 2 is 2.17 bits per heavy atom. The first-order chi connectivity index (χ1) is 8.50. The van der Waals surface area contributed by atoms with Crippen LogP contribution in [0.1, 0.15) is 44.2 Å². The summed E-state index contributed by atoms with van der Waals surface area (Å²) in [5, 5.41) is 3.68. The van der Waals surface area contributed by atoms with Crippen LogP contribution in [0.4, 0.5) is 0 Å². The quantitative estimate of drug-likeness (QED) is 0.876. The fraction of sp³-hybridized carbons (Fsp3) is 0.625. The molecular weight excluding hydrogens is 222 g/mol. The first kappa shape index (κ1) is 13.4. The van der Waals surface area contributed by atoms with Gasteiger partial charge in [0.1, 0.15) is 5.75 Å². The minimum atomic E-state index is 0.521. The Balaban J connectivity index is 1.89. The minimum Gasteiger partial charge on any atom is -0.496 e. The van der Waals surface area contributed by atoms with E-state index < -0.39 is 0 Å². The van der Waals surface area contributed by atoms with Crippen molar-refractivity contribution in [1.29, 1.82) is 0 Å². The van der Waals surface area contributed by atoms with Gasteiger partial charge in [-0.25, -0.2) is 0 Å². The lowest BCUT2D eigenvalue weighted by Gasteiger charge is -2.18. The van der Waals surface area contributed by atoms with Crippen molar-refractivity contribution in [2.45, 2.75) is 52.6 Å². The van der Waals surface area contributed by atoms with Crippen molar-refractivity contribution in [1.82, 2.24) is 5.32 Å². The van der Waals surface area contributed by atoms with E-state index >= 15 is 0 Å². The van der Waals surface area contributed by atoms with Crippen molar-refractivity contribution in [3.8, 4) is 5.75 Å². The van der Waals surface area contributed by atoms with Crippen molar-refractivity contribution >= 4 is 0 Å². The van der Waals surface area contributed by atoms with E-state index in [2.05, 4.69) is 44.3 Å². The van der Waals surface area contributed by atoms with E-state index in [0.717, 1.165) is 12.3 Å². The van der Waals surface area contributed by atoms with Crippen LogP contribution in [0, 0.1) is 12.3 Å². The molecule has 1 saturated carbocycles. The summed E-state index contributed by atoms with van der Waals surface area (Å²) in [6.07, 6.45) is 3.94. The van der Waals surface area contributed by atoms with Gasteiger partial charge in [-0.15, -0.1) is 0 Å². The second-order valence-electron chi connectivity index (χ2n) is 6.29. The van der Waals surface area contributed by atoms with Crippen LogP contribution in [0.2, 0.25) is 0 Å². The van der Waals surface area contributed by atoms with Crippen LogP contribution in [0.5, 0.6) is 5.75 Å². The van der Waals surface area contributed by atoms with Gasteiger partial charge in [0.2, 0.25) is 0 Å². The predicted octanol–water partition coefficient (Wildman–Crippen LogP) is 3.67. The third-order valence-corrected chi connectivity index (χ3v) is 4.02. The predicted molar refractivity (Wildman–Crippen MR) is 76.0 cm³/mol. The zero-order valence-electron chi connectivity index (χ0n) is 12.0. The lowest BCUT2D eigenvalue weighted by atomic mass is 9.92. The van der Waals surface area contributed by atoms with Crippen molar-refractivity contribution in [2.24, 2.45) is 5.41 Å². The molecule has 0 saturated heterocycles. The van der Waals surface area contributed by atoms with Crippen LogP contribution in [0.15, 0.2) is 18.2 Å². The maximum absolute atomic E-state index is 5.28. The third kappa shape index (κ3) is 3.26. The van der Waals surface area contributed by atoms with E-state index in [4.69, 9.17) is 4.74 Å². The number of hydrogen-bond donors (Lipinski definition) is 1. The highest BCUT2D eigenvalue weighted by Gasteiger charge is 2.30. The van der Waals surface area contributed by atoms with Gasteiger partial charge in [-0.3, -0.25) is 0 Å². The molecule has 0 heterocycles. The van der Waals surface area contributed by atoms with Gasteiger partial charge in [-0.05, 0) is 48.8 Å². The zero-order chi connectivity index (χ0) is 13.2. The SMILES string of the molecule is COc1ccc(CNC2CCC(C)(C)C2)cc1C. The first-order valence-electron chi connectivity index (χ1n) is 6.87. The number of rotatable bonds is 4. The Kier molecular flexibility index (Phi) is 3.96. The van der Waals surface area contributed by atoms with Gasteiger partial charge in [0, 0.05) is 12.6 Å². The molecular formula is C16H25NO. The maximum atomic E-state index is 5.28. The summed E-state index contributed by atoms with van der Waals surface area (Å²) in [4.78, 5) is 0. The second-order valence-corrected chi connectivity index (χ2v) is 6.29. The molecule has 0 aromatic heterocycles. The number of hydrogen-bond acceptors (Lipinski definition) is 2. The van der Waals surface area contributed by atoms with E-state index in [-0.39, 0.29) is 0 Å². The Morgan fingerprint density at radius 1 is 1.39 bits per heavy atom. The number of nitrogens with one attached hydrogen (secondary N) is 1. The molecule has 2 nitrogen and oxygen atoms in total. The summed E-state index contributed by atoms with van der Waals surface area (Å²) >= 11 is 0. The maximum Gasteiger partial charge on any atom is 0.121 e. The molecule has 1 aromatic rings. The van der Waals surface area contributed by atoms with E-state index in [0.29, 0.717) is 11.5 Å². The second kappa shape index (κ2) is 5.31. The topological polar surface area (TPSA) is 21.3 Å². The van der Waals surface area contributed by atoms with Gasteiger partial charge in [0.15, 0.2) is 0 Å². The summed E-state index contributed by atoms with van der Waals surface area (Å²) in [5.74, 6) is 0.973. The summed E-state index contributed by atoms with van der Waals surface area (Å²) < 4.78 is 5.28. The number of benzene rings is 1. The number of methoxy groups -OCH3 is 1. The van der Waals surface area contributed by atoms with Crippen molar-refractivity contribution in [3.05, 3.63) is 29.3 Å². The third-order valence-electron chi connectivity index (χ3n) is 4.02. The largest absolute Gasteiger partial charge is 0.496 e. The summed E-state index contributed by atoms with van der Waals surface area (Å²) in [5.41, 5.74) is 3.08. The van der Waals surface area contributed by atoms with Gasteiger partial charge < -0.3 is 10.1 Å². The molecule has 0 bridgehead atoms. The van der Waals surface area contributed by atoms with Crippen LogP contribution >= 0.6 is 0 Å². The first-order valence-corrected chi connectivity index (χ1v) is 6.87. The molecule has 1 unspecified atom stereocenters. The molecule has 100 valence electrons. The molecule has 18 heavy (non-hydrogen) atoms. The van der Waals surface area contributed by atoms with E-state index in [1.807, 2.05) is 0 Å². The lowest BCUT2D eigenvalue weighted by Crippen LogP contribution is -2.26. The minimum absolute atomic E-state index is 0.521. The Bertz CT molecular complexity index is 412. The van der Waals surface area contributed by atoms with Crippen molar-refractivity contribution < 1.29 is 4.74 Å². The summed E-state index contributed by atoms with van der Waals surface area (Å²) in [6.45, 7) is 7.80. The molecule has 0 amide bonds. The van der Waals surface area contributed by atoms with Crippen LogP contribution < -0.4 is 10.1 Å². The fourth-order valence-electron chi connectivity index (χ4n) is 2.92. The van der Waals surface area contributed by atoms with Gasteiger partial charge in [-0.1, -0.05) is 26.0 Å². The van der Waals surface area contributed by atoms with Crippen LogP contribution in [-0.2, 0) is 6.54 Å². The van der Waals surface area contributed by atoms with Gasteiger partial charge in [0.25, 0.3) is 0 Å². The molecule has 1 atom stereocenters. The summed E-state index contributed by atoms with van der Waals surface area (Å²) in [6, 6.07) is 7.11. The Hall–Kier alpha value is -1.02. The highest BCUT2D eigenvalue weighted by molar-refractivity contribution is 5.36. The normalized spacial score (nSPS) is 22.1. The van der Waals surface area contributed by atoms with Crippen LogP contribution in [-0.4, -0.2) is 13.2 Å². The molecule has 1 fully saturated rings. The Morgan fingerprint density at radius 3 is 2.72 bits per heavy atom. The lowest BCUT2D eigenvalue weighted by molar-refractivity contribution is 0.364. The molecule has 1 aromatic carbocycles. The molecule has 2 rings (SSSR count). The zero-order valence-corrected chi connectivity index (χ0v) is 12.0. The van der Waals surface area contributed by atoms with Crippen LogP contribution in [0.25, 0.3) is 0 Å². The number of ether oxygens (including phenoxy) is 1. The van der Waals surface area contributed by atoms with Crippen molar-refractivity contribution in [3.63, 3.8) is 0 Å². The average molecular weight is 247 g/mol. The Labute approximate surface area is 111 Å². The van der Waals surface area contributed by atoms with E-state index in [1.54, 1.807) is 7.11 Å². The van der Waals surface area contributed by atoms with E-state index in [9.17, 15) is 0 Å². The molecule has 1 aliphatic rings. The monoisotopic (exact) mass is 247 g/mol. The molecule has 2 heteroatoms. The highest BCUT2D eigenvalue weighted by atomic mass is 16.5. The van der Waals surface area contributed by atoms with Gasteiger partial charge >= 0.3 is 0 Å². The smallest absolute Gasteiger partial charge is 0.121 e. The highest BCUT2D eigenvalue weighted by Crippen LogP contribution is 2.37. The fourth-order valence-corrected chi connectivity index (χ4v) is 2.92. The van der Waals surface area contributed by atoms with Crippen LogP contribution in [0.3, 0.4) is 0 Å². The van der Waals surface area contributed by atoms with E-state index in [1.165, 1.54) is 30.4 Å². The van der Waals surface area contributed by atoms with Gasteiger partial charge in [-0.2, -0.15) is 0 Å². The molecule has 1 aliphatic carbocycles. The molecule has 0 aliphatic heterocycles. The van der Waals surface area contributed by atoms with Crippen molar-refractivity contribution in [2.75, 3.05) is 7.11 Å². The number of aryl methyl sites for hydroxylation is 1. The molecule has 0 spiro atoms. The standard InChI is InChI=1S/C16H25NO/c1-12-9-13(5-6-15(12)18-4)11-17-14-7-8-16(2,3)10-14/h5-6,9,14,17H,7-8,10-11H2,1-4H3. The summed E-state index contributed by atoms with van der Waals surface area (Å²) in [7, 11) is 1.72. The average Bonchev–Trinajstić information content (AvgIpc) is 2.66. The molecule has 0 radical (unpaired) electrons.